The summed E-state index contributed by atoms with van der Waals surface area (Å²) in [7, 11) is 0. The predicted octanol–water partition coefficient (Wildman–Crippen LogP) is 4.33. The van der Waals surface area contributed by atoms with Gasteiger partial charge in [0.15, 0.2) is 6.61 Å². The third-order valence-electron chi connectivity index (χ3n) is 4.47. The molecule has 0 amide bonds. The largest absolute Gasteiger partial charge is 0.482 e. The van der Waals surface area contributed by atoms with Crippen LogP contribution in [0.5, 0.6) is 5.75 Å². The fraction of sp³-hybridized carbons (Fsp3) is 0.304. The van der Waals surface area contributed by atoms with Gasteiger partial charge < -0.3 is 9.47 Å². The van der Waals surface area contributed by atoms with E-state index < -0.39 is 5.97 Å². The molecule has 31 heavy (non-hydrogen) atoms. The third kappa shape index (κ3) is 6.01. The van der Waals surface area contributed by atoms with E-state index in [0.717, 1.165) is 22.9 Å². The van der Waals surface area contributed by atoms with Crippen molar-refractivity contribution >= 4 is 39.0 Å². The van der Waals surface area contributed by atoms with Gasteiger partial charge in [0.25, 0.3) is 5.56 Å². The summed E-state index contributed by atoms with van der Waals surface area (Å²) in [5.41, 5.74) is 1.16. The summed E-state index contributed by atoms with van der Waals surface area (Å²) in [5.74, 6) is 0.700. The molecule has 0 saturated heterocycles. The molecule has 0 atom stereocenters. The van der Waals surface area contributed by atoms with E-state index in [1.807, 2.05) is 18.2 Å². The van der Waals surface area contributed by atoms with Crippen molar-refractivity contribution in [3.8, 4) is 5.75 Å². The number of carbonyl (C=O) groups excluding carboxylic acids is 1. The van der Waals surface area contributed by atoms with Gasteiger partial charge in [-0.25, -0.2) is 9.78 Å². The molecule has 1 heterocycles. The second kappa shape index (κ2) is 10.9. The summed E-state index contributed by atoms with van der Waals surface area (Å²) < 4.78 is 12.5. The van der Waals surface area contributed by atoms with Gasteiger partial charge in [-0.1, -0.05) is 41.4 Å². The molecule has 3 rings (SSSR count). The minimum Gasteiger partial charge on any atom is -0.482 e. The van der Waals surface area contributed by atoms with Crippen LogP contribution in [0, 0.1) is 0 Å². The van der Waals surface area contributed by atoms with Gasteiger partial charge in [-0.05, 0) is 49.2 Å². The SMILES string of the molecule is CCCCc1nc2ccc(Br)cc2c(=O)n1N=Cc1cccc(OCC(=O)OCC)c1. The van der Waals surface area contributed by atoms with Crippen molar-refractivity contribution in [1.82, 2.24) is 9.66 Å². The van der Waals surface area contributed by atoms with Crippen LogP contribution in [0.2, 0.25) is 0 Å². The van der Waals surface area contributed by atoms with Crippen molar-refractivity contribution in [2.24, 2.45) is 5.10 Å². The molecule has 2 aromatic carbocycles. The molecule has 0 aliphatic heterocycles. The zero-order valence-corrected chi connectivity index (χ0v) is 19.1. The van der Waals surface area contributed by atoms with E-state index in [1.165, 1.54) is 4.68 Å². The van der Waals surface area contributed by atoms with E-state index >= 15 is 0 Å². The lowest BCUT2D eigenvalue weighted by atomic mass is 10.2. The van der Waals surface area contributed by atoms with E-state index in [4.69, 9.17) is 9.47 Å². The molecular weight excluding hydrogens is 462 g/mol. The molecule has 0 radical (unpaired) electrons. The Bertz CT molecular complexity index is 1160. The highest BCUT2D eigenvalue weighted by Crippen LogP contribution is 2.17. The summed E-state index contributed by atoms with van der Waals surface area (Å²) in [4.78, 5) is 29.2. The maximum Gasteiger partial charge on any atom is 0.344 e. The second-order valence-corrected chi connectivity index (χ2v) is 7.74. The molecule has 8 heteroatoms. The average molecular weight is 486 g/mol. The number of hydrogen-bond donors (Lipinski definition) is 0. The van der Waals surface area contributed by atoms with Gasteiger partial charge in [-0.2, -0.15) is 9.78 Å². The van der Waals surface area contributed by atoms with Crippen molar-refractivity contribution in [1.29, 1.82) is 0 Å². The molecule has 0 bridgehead atoms. The zero-order valence-electron chi connectivity index (χ0n) is 17.5. The first-order valence-electron chi connectivity index (χ1n) is 10.2. The van der Waals surface area contributed by atoms with Crippen molar-refractivity contribution in [2.75, 3.05) is 13.2 Å². The van der Waals surface area contributed by atoms with Gasteiger partial charge in [0.2, 0.25) is 0 Å². The summed E-state index contributed by atoms with van der Waals surface area (Å²) in [6.45, 7) is 3.97. The number of esters is 1. The van der Waals surface area contributed by atoms with Gasteiger partial charge >= 0.3 is 5.97 Å². The summed E-state index contributed by atoms with van der Waals surface area (Å²) in [5, 5.41) is 4.93. The van der Waals surface area contributed by atoms with Gasteiger partial charge in [0.1, 0.15) is 11.6 Å². The Morgan fingerprint density at radius 2 is 2.06 bits per heavy atom. The minimum atomic E-state index is -0.429. The summed E-state index contributed by atoms with van der Waals surface area (Å²) >= 11 is 3.41. The third-order valence-corrected chi connectivity index (χ3v) is 4.96. The minimum absolute atomic E-state index is 0.168. The number of rotatable bonds is 9. The molecule has 0 fully saturated rings. The number of unbranched alkanes of at least 4 members (excludes halogenated alkanes) is 1. The van der Waals surface area contributed by atoms with Gasteiger partial charge in [-0.15, -0.1) is 0 Å². The van der Waals surface area contributed by atoms with Crippen LogP contribution >= 0.6 is 15.9 Å². The number of aryl methyl sites for hydroxylation is 1. The van der Waals surface area contributed by atoms with Gasteiger partial charge in [0.05, 0.1) is 23.7 Å². The van der Waals surface area contributed by atoms with E-state index in [-0.39, 0.29) is 12.2 Å². The smallest absolute Gasteiger partial charge is 0.344 e. The number of ether oxygens (including phenoxy) is 2. The van der Waals surface area contributed by atoms with Crippen molar-refractivity contribution < 1.29 is 14.3 Å². The first kappa shape index (κ1) is 22.7. The van der Waals surface area contributed by atoms with Crippen LogP contribution in [0.1, 0.15) is 38.1 Å². The normalized spacial score (nSPS) is 11.2. The Hall–Kier alpha value is -3.00. The first-order chi connectivity index (χ1) is 15.0. The van der Waals surface area contributed by atoms with Crippen LogP contribution in [0.15, 0.2) is 56.8 Å². The van der Waals surface area contributed by atoms with Gasteiger partial charge in [-0.3, -0.25) is 4.79 Å². The molecular formula is C23H24BrN3O4. The van der Waals surface area contributed by atoms with E-state index in [2.05, 4.69) is 32.9 Å². The lowest BCUT2D eigenvalue weighted by molar-refractivity contribution is -0.145. The standard InChI is InChI=1S/C23H24BrN3O4/c1-3-5-9-21-26-20-11-10-17(24)13-19(20)23(29)27(21)25-14-16-7-6-8-18(12-16)31-15-22(28)30-4-2/h6-8,10-14H,3-5,9,15H2,1-2H3. The number of carbonyl (C=O) groups is 1. The number of halogens is 1. The van der Waals surface area contributed by atoms with E-state index in [0.29, 0.717) is 35.5 Å². The van der Waals surface area contributed by atoms with Crippen molar-refractivity contribution in [2.45, 2.75) is 33.1 Å². The second-order valence-electron chi connectivity index (χ2n) is 6.82. The predicted molar refractivity (Wildman–Crippen MR) is 124 cm³/mol. The van der Waals surface area contributed by atoms with Crippen LogP contribution in [0.25, 0.3) is 10.9 Å². The number of nitrogens with zero attached hydrogens (tertiary/aromatic N) is 3. The Labute approximate surface area is 188 Å². The lowest BCUT2D eigenvalue weighted by Crippen LogP contribution is -2.22. The van der Waals surface area contributed by atoms with Crippen LogP contribution in [-0.2, 0) is 16.0 Å². The molecule has 162 valence electrons. The van der Waals surface area contributed by atoms with Crippen LogP contribution < -0.4 is 10.3 Å². The quantitative estimate of drug-likeness (QED) is 0.332. The highest BCUT2D eigenvalue weighted by Gasteiger charge is 2.11. The Morgan fingerprint density at radius 3 is 2.84 bits per heavy atom. The lowest BCUT2D eigenvalue weighted by Gasteiger charge is -2.09. The monoisotopic (exact) mass is 485 g/mol. The molecule has 7 nitrogen and oxygen atoms in total. The molecule has 0 spiro atoms. The molecule has 3 aromatic rings. The number of fused-ring (bicyclic) bond motifs is 1. The fourth-order valence-electron chi connectivity index (χ4n) is 2.96. The van der Waals surface area contributed by atoms with Crippen LogP contribution in [-0.4, -0.2) is 35.1 Å². The summed E-state index contributed by atoms with van der Waals surface area (Å²) in [6, 6.07) is 12.6. The molecule has 0 unspecified atom stereocenters. The van der Waals surface area contributed by atoms with Crippen molar-refractivity contribution in [3.63, 3.8) is 0 Å². The highest BCUT2D eigenvalue weighted by atomic mass is 79.9. The van der Waals surface area contributed by atoms with E-state index in [1.54, 1.807) is 37.4 Å². The van der Waals surface area contributed by atoms with Gasteiger partial charge in [0, 0.05) is 10.9 Å². The van der Waals surface area contributed by atoms with Crippen LogP contribution in [0.4, 0.5) is 0 Å². The van der Waals surface area contributed by atoms with Crippen LogP contribution in [0.3, 0.4) is 0 Å². The highest BCUT2D eigenvalue weighted by molar-refractivity contribution is 9.10. The molecule has 0 aliphatic carbocycles. The number of aromatic nitrogens is 2. The number of benzene rings is 2. The molecule has 1 aromatic heterocycles. The summed E-state index contributed by atoms with van der Waals surface area (Å²) in [6.07, 6.45) is 4.12. The van der Waals surface area contributed by atoms with E-state index in [9.17, 15) is 9.59 Å². The molecule has 0 saturated carbocycles. The topological polar surface area (TPSA) is 82.8 Å². The average Bonchev–Trinajstić information content (AvgIpc) is 2.77. The first-order valence-corrected chi connectivity index (χ1v) is 10.9. The molecule has 0 N–H and O–H groups in total. The maximum atomic E-state index is 13.1. The van der Waals surface area contributed by atoms with Crippen molar-refractivity contribution in [3.05, 3.63) is 68.7 Å². The Kier molecular flexibility index (Phi) is 7.94. The number of hydrogen-bond acceptors (Lipinski definition) is 6. The zero-order chi connectivity index (χ0) is 22.2. The Balaban J connectivity index is 1.91. The molecule has 0 aliphatic rings. The Morgan fingerprint density at radius 1 is 1.23 bits per heavy atom. The maximum absolute atomic E-state index is 13.1. The fourth-order valence-corrected chi connectivity index (χ4v) is 3.33.